The molecule has 1 N–H and O–H groups in total. The maximum absolute atomic E-state index is 9.35. The Labute approximate surface area is 78.6 Å². The van der Waals surface area contributed by atoms with Gasteiger partial charge in [0.15, 0.2) is 5.65 Å². The van der Waals surface area contributed by atoms with Crippen LogP contribution in [0.2, 0.25) is 0 Å². The average Bonchev–Trinajstić information content (AvgIpc) is 2.65. The number of benzene rings is 1. The first kappa shape index (κ1) is 7.25. The maximum Gasteiger partial charge on any atom is 0.179 e. The highest BCUT2D eigenvalue weighted by atomic mass is 16.3. The van der Waals surface area contributed by atoms with Crippen molar-refractivity contribution in [2.45, 2.75) is 0 Å². The fourth-order valence-corrected chi connectivity index (χ4v) is 1.49. The van der Waals surface area contributed by atoms with Gasteiger partial charge in [-0.05, 0) is 34.7 Å². The lowest BCUT2D eigenvalue weighted by Gasteiger charge is -1.99. The molecule has 0 aliphatic rings. The Bertz CT molecular complexity index is 616. The first-order chi connectivity index (χ1) is 6.84. The van der Waals surface area contributed by atoms with E-state index < -0.39 is 0 Å². The summed E-state index contributed by atoms with van der Waals surface area (Å²) >= 11 is 0. The molecule has 2 heterocycles. The van der Waals surface area contributed by atoms with Crippen LogP contribution in [0, 0.1) is 0 Å². The fraction of sp³-hybridized carbons (Fsp3) is 0. The molecule has 14 heavy (non-hydrogen) atoms. The summed E-state index contributed by atoms with van der Waals surface area (Å²) in [5.74, 6) is 0.209. The van der Waals surface area contributed by atoms with Crippen LogP contribution in [0.5, 0.6) is 5.75 Å². The SMILES string of the molecule is Oc1ccc2ccc3nnnn3c2c1. The molecule has 1 aromatic carbocycles. The molecule has 0 saturated carbocycles. The van der Waals surface area contributed by atoms with E-state index in [1.54, 1.807) is 16.6 Å². The monoisotopic (exact) mass is 186 g/mol. The van der Waals surface area contributed by atoms with Crippen molar-refractivity contribution in [3.05, 3.63) is 30.3 Å². The summed E-state index contributed by atoms with van der Waals surface area (Å²) in [4.78, 5) is 0. The lowest BCUT2D eigenvalue weighted by molar-refractivity contribution is 0.476. The highest BCUT2D eigenvalue weighted by molar-refractivity contribution is 5.82. The van der Waals surface area contributed by atoms with Crippen LogP contribution >= 0.6 is 0 Å². The van der Waals surface area contributed by atoms with E-state index in [-0.39, 0.29) is 5.75 Å². The van der Waals surface area contributed by atoms with Crippen LogP contribution in [0.3, 0.4) is 0 Å². The van der Waals surface area contributed by atoms with Gasteiger partial charge in [0.05, 0.1) is 5.52 Å². The minimum absolute atomic E-state index is 0.209. The van der Waals surface area contributed by atoms with Crippen molar-refractivity contribution in [3.63, 3.8) is 0 Å². The first-order valence-electron chi connectivity index (χ1n) is 4.14. The van der Waals surface area contributed by atoms with Gasteiger partial charge in [-0.1, -0.05) is 0 Å². The second-order valence-corrected chi connectivity index (χ2v) is 3.03. The number of phenols is 1. The van der Waals surface area contributed by atoms with Gasteiger partial charge in [0.1, 0.15) is 5.75 Å². The van der Waals surface area contributed by atoms with E-state index in [0.29, 0.717) is 5.65 Å². The molecule has 0 fully saturated rings. The lowest BCUT2D eigenvalue weighted by atomic mass is 10.2. The van der Waals surface area contributed by atoms with Gasteiger partial charge in [-0.25, -0.2) is 0 Å². The summed E-state index contributed by atoms with van der Waals surface area (Å²) in [7, 11) is 0. The van der Waals surface area contributed by atoms with E-state index in [1.165, 1.54) is 0 Å². The Morgan fingerprint density at radius 2 is 2.00 bits per heavy atom. The molecule has 3 aromatic rings. The molecule has 0 atom stereocenters. The number of rotatable bonds is 0. The predicted molar refractivity (Wildman–Crippen MR) is 50.0 cm³/mol. The van der Waals surface area contributed by atoms with Crippen LogP contribution in [-0.2, 0) is 0 Å². The smallest absolute Gasteiger partial charge is 0.179 e. The standard InChI is InChI=1S/C9H6N4O/c14-7-3-1-6-2-4-9-10-11-12-13(9)8(6)5-7/h1-5,14H. The van der Waals surface area contributed by atoms with Crippen molar-refractivity contribution in [2.24, 2.45) is 0 Å². The molecule has 5 heteroatoms. The topological polar surface area (TPSA) is 63.3 Å². The van der Waals surface area contributed by atoms with Crippen LogP contribution in [-0.4, -0.2) is 25.1 Å². The number of hydrogen-bond donors (Lipinski definition) is 1. The molecule has 3 rings (SSSR count). The summed E-state index contributed by atoms with van der Waals surface area (Å²) in [6.07, 6.45) is 0. The number of hydrogen-bond acceptors (Lipinski definition) is 4. The molecule has 0 spiro atoms. The summed E-state index contributed by atoms with van der Waals surface area (Å²) < 4.78 is 1.59. The van der Waals surface area contributed by atoms with Gasteiger partial charge in [-0.3, -0.25) is 0 Å². The van der Waals surface area contributed by atoms with E-state index in [9.17, 15) is 5.11 Å². The summed E-state index contributed by atoms with van der Waals surface area (Å²) in [5.41, 5.74) is 1.47. The van der Waals surface area contributed by atoms with Gasteiger partial charge >= 0.3 is 0 Å². The van der Waals surface area contributed by atoms with Gasteiger partial charge < -0.3 is 5.11 Å². The quantitative estimate of drug-likeness (QED) is 0.568. The number of nitrogens with zero attached hydrogens (tertiary/aromatic N) is 4. The highest BCUT2D eigenvalue weighted by Gasteiger charge is 2.02. The highest BCUT2D eigenvalue weighted by Crippen LogP contribution is 2.19. The van der Waals surface area contributed by atoms with E-state index in [4.69, 9.17) is 0 Å². The third kappa shape index (κ3) is 0.861. The zero-order valence-corrected chi connectivity index (χ0v) is 7.12. The van der Waals surface area contributed by atoms with Crippen LogP contribution in [0.25, 0.3) is 16.6 Å². The lowest BCUT2D eigenvalue weighted by Crippen LogP contribution is -1.89. The summed E-state index contributed by atoms with van der Waals surface area (Å²) in [6, 6.07) is 8.85. The van der Waals surface area contributed by atoms with E-state index in [1.807, 2.05) is 18.2 Å². The number of fused-ring (bicyclic) bond motifs is 3. The number of aromatic hydroxyl groups is 1. The molecule has 0 unspecified atom stereocenters. The number of phenolic OH excluding ortho intramolecular Hbond substituents is 1. The Kier molecular flexibility index (Phi) is 1.25. The molecule has 68 valence electrons. The third-order valence-electron chi connectivity index (χ3n) is 2.15. The van der Waals surface area contributed by atoms with Crippen LogP contribution in [0.1, 0.15) is 0 Å². The van der Waals surface area contributed by atoms with Crippen molar-refractivity contribution >= 4 is 16.6 Å². The van der Waals surface area contributed by atoms with Gasteiger partial charge in [0.2, 0.25) is 0 Å². The van der Waals surface area contributed by atoms with Crippen molar-refractivity contribution < 1.29 is 5.11 Å². The van der Waals surface area contributed by atoms with Crippen LogP contribution in [0.4, 0.5) is 0 Å². The molecule has 0 saturated heterocycles. The molecule has 0 aliphatic carbocycles. The van der Waals surface area contributed by atoms with Crippen LogP contribution in [0.15, 0.2) is 30.3 Å². The molecular weight excluding hydrogens is 180 g/mol. The Morgan fingerprint density at radius 3 is 2.93 bits per heavy atom. The molecule has 0 aliphatic heterocycles. The minimum atomic E-state index is 0.209. The Balaban J connectivity index is 2.60. The second-order valence-electron chi connectivity index (χ2n) is 3.03. The second kappa shape index (κ2) is 2.41. The molecular formula is C9H6N4O. The zero-order chi connectivity index (χ0) is 9.54. The Morgan fingerprint density at radius 1 is 1.14 bits per heavy atom. The normalized spacial score (nSPS) is 11.1. The first-order valence-corrected chi connectivity index (χ1v) is 4.14. The van der Waals surface area contributed by atoms with E-state index in [2.05, 4.69) is 15.5 Å². The van der Waals surface area contributed by atoms with Crippen LogP contribution < -0.4 is 0 Å². The molecule has 5 nitrogen and oxygen atoms in total. The van der Waals surface area contributed by atoms with Crippen molar-refractivity contribution in [2.75, 3.05) is 0 Å². The Hall–Kier alpha value is -2.17. The summed E-state index contributed by atoms with van der Waals surface area (Å²) in [6.45, 7) is 0. The molecule has 2 aromatic heterocycles. The molecule has 0 bridgehead atoms. The number of tetrazole rings is 1. The van der Waals surface area contributed by atoms with Gasteiger partial charge in [-0.15, -0.1) is 5.10 Å². The van der Waals surface area contributed by atoms with Crippen molar-refractivity contribution in [1.82, 2.24) is 20.0 Å². The summed E-state index contributed by atoms with van der Waals surface area (Å²) in [5, 5.41) is 21.5. The third-order valence-corrected chi connectivity index (χ3v) is 2.15. The fourth-order valence-electron chi connectivity index (χ4n) is 1.49. The number of pyridine rings is 1. The average molecular weight is 186 g/mol. The van der Waals surface area contributed by atoms with Crippen molar-refractivity contribution in [3.8, 4) is 5.75 Å². The van der Waals surface area contributed by atoms with Gasteiger partial charge in [0.25, 0.3) is 0 Å². The largest absolute Gasteiger partial charge is 0.508 e. The predicted octanol–water partition coefficient (Wildman–Crippen LogP) is 0.983. The number of aromatic nitrogens is 4. The van der Waals surface area contributed by atoms with E-state index >= 15 is 0 Å². The van der Waals surface area contributed by atoms with E-state index in [0.717, 1.165) is 10.9 Å². The molecule has 0 amide bonds. The van der Waals surface area contributed by atoms with Gasteiger partial charge in [0, 0.05) is 11.5 Å². The minimum Gasteiger partial charge on any atom is -0.508 e. The van der Waals surface area contributed by atoms with Crippen molar-refractivity contribution in [1.29, 1.82) is 0 Å². The maximum atomic E-state index is 9.35. The van der Waals surface area contributed by atoms with Gasteiger partial charge in [-0.2, -0.15) is 4.52 Å². The zero-order valence-electron chi connectivity index (χ0n) is 7.12. The molecule has 0 radical (unpaired) electrons.